The van der Waals surface area contributed by atoms with Crippen LogP contribution in [0.3, 0.4) is 0 Å². The first-order chi connectivity index (χ1) is 5.33. The SMILES string of the molecule is CCC1=CCCCC(O)CC1. The first kappa shape index (κ1) is 8.79. The Balaban J connectivity index is 2.41. The number of aliphatic hydroxyl groups excluding tert-OH is 1. The average molecular weight is 154 g/mol. The molecule has 1 N–H and O–H groups in total. The van der Waals surface area contributed by atoms with E-state index >= 15 is 0 Å². The normalized spacial score (nSPS) is 27.1. The van der Waals surface area contributed by atoms with E-state index in [2.05, 4.69) is 13.0 Å². The molecule has 1 aliphatic rings. The Morgan fingerprint density at radius 2 is 2.36 bits per heavy atom. The molecule has 64 valence electrons. The third-order valence-corrected chi connectivity index (χ3v) is 2.43. The van der Waals surface area contributed by atoms with Gasteiger partial charge >= 0.3 is 0 Å². The standard InChI is InChI=1S/C10H18O/c1-2-9-5-3-4-6-10(11)8-7-9/h5,10-11H,2-4,6-8H2,1H3. The van der Waals surface area contributed by atoms with Crippen molar-refractivity contribution in [1.82, 2.24) is 0 Å². The van der Waals surface area contributed by atoms with E-state index in [1.54, 1.807) is 0 Å². The number of allylic oxidation sites excluding steroid dienone is 2. The van der Waals surface area contributed by atoms with Gasteiger partial charge in [0.25, 0.3) is 0 Å². The highest BCUT2D eigenvalue weighted by Gasteiger charge is 2.07. The van der Waals surface area contributed by atoms with Gasteiger partial charge in [-0.2, -0.15) is 0 Å². The fraction of sp³-hybridized carbons (Fsp3) is 0.800. The number of rotatable bonds is 1. The Hall–Kier alpha value is -0.300. The zero-order valence-electron chi connectivity index (χ0n) is 7.34. The lowest BCUT2D eigenvalue weighted by molar-refractivity contribution is 0.151. The number of aliphatic hydroxyl groups is 1. The second-order valence-corrected chi connectivity index (χ2v) is 3.34. The van der Waals surface area contributed by atoms with Gasteiger partial charge in [-0.15, -0.1) is 0 Å². The first-order valence-electron chi connectivity index (χ1n) is 4.69. The zero-order chi connectivity index (χ0) is 8.10. The molecule has 1 atom stereocenters. The van der Waals surface area contributed by atoms with Crippen molar-refractivity contribution < 1.29 is 5.11 Å². The topological polar surface area (TPSA) is 20.2 Å². The van der Waals surface area contributed by atoms with E-state index < -0.39 is 0 Å². The molecule has 0 saturated carbocycles. The Kier molecular flexibility index (Phi) is 3.64. The highest BCUT2D eigenvalue weighted by molar-refractivity contribution is 5.02. The molecule has 0 saturated heterocycles. The molecule has 1 aliphatic carbocycles. The minimum absolute atomic E-state index is 0.0368. The van der Waals surface area contributed by atoms with Gasteiger partial charge in [0, 0.05) is 0 Å². The average Bonchev–Trinajstić information content (AvgIpc) is 1.98. The van der Waals surface area contributed by atoms with Crippen molar-refractivity contribution >= 4 is 0 Å². The summed E-state index contributed by atoms with van der Waals surface area (Å²) >= 11 is 0. The third kappa shape index (κ3) is 3.06. The lowest BCUT2D eigenvalue weighted by Gasteiger charge is -2.14. The molecule has 11 heavy (non-hydrogen) atoms. The molecule has 0 spiro atoms. The van der Waals surface area contributed by atoms with Crippen LogP contribution in [0, 0.1) is 0 Å². The molecule has 1 nitrogen and oxygen atoms in total. The van der Waals surface area contributed by atoms with Crippen molar-refractivity contribution in [1.29, 1.82) is 0 Å². The first-order valence-corrected chi connectivity index (χ1v) is 4.69. The van der Waals surface area contributed by atoms with E-state index in [1.165, 1.54) is 12.0 Å². The molecule has 0 bridgehead atoms. The highest BCUT2D eigenvalue weighted by atomic mass is 16.3. The van der Waals surface area contributed by atoms with Crippen LogP contribution in [0.15, 0.2) is 11.6 Å². The summed E-state index contributed by atoms with van der Waals surface area (Å²) in [6.45, 7) is 2.19. The highest BCUT2D eigenvalue weighted by Crippen LogP contribution is 2.19. The fourth-order valence-corrected chi connectivity index (χ4v) is 1.58. The second-order valence-electron chi connectivity index (χ2n) is 3.34. The van der Waals surface area contributed by atoms with Crippen LogP contribution in [0.25, 0.3) is 0 Å². The van der Waals surface area contributed by atoms with Crippen molar-refractivity contribution in [3.8, 4) is 0 Å². The second kappa shape index (κ2) is 4.55. The van der Waals surface area contributed by atoms with Crippen LogP contribution in [0.2, 0.25) is 0 Å². The minimum Gasteiger partial charge on any atom is -0.393 e. The summed E-state index contributed by atoms with van der Waals surface area (Å²) in [5, 5.41) is 9.40. The number of hydrogen-bond donors (Lipinski definition) is 1. The van der Waals surface area contributed by atoms with E-state index in [1.807, 2.05) is 0 Å². The maximum Gasteiger partial charge on any atom is 0.0543 e. The van der Waals surface area contributed by atoms with Gasteiger partial charge < -0.3 is 5.11 Å². The maximum atomic E-state index is 9.40. The largest absolute Gasteiger partial charge is 0.393 e. The summed E-state index contributed by atoms with van der Waals surface area (Å²) in [6, 6.07) is 0. The lowest BCUT2D eigenvalue weighted by atomic mass is 9.97. The van der Waals surface area contributed by atoms with Crippen LogP contribution >= 0.6 is 0 Å². The molecule has 0 aromatic carbocycles. The van der Waals surface area contributed by atoms with Crippen LogP contribution < -0.4 is 0 Å². The summed E-state index contributed by atoms with van der Waals surface area (Å²) in [7, 11) is 0. The predicted octanol–water partition coefficient (Wildman–Crippen LogP) is 2.65. The molecule has 0 fully saturated rings. The van der Waals surface area contributed by atoms with Crippen molar-refractivity contribution in [3.05, 3.63) is 11.6 Å². The molecule has 1 heteroatoms. The van der Waals surface area contributed by atoms with Gasteiger partial charge in [0.15, 0.2) is 0 Å². The van der Waals surface area contributed by atoms with E-state index in [0.717, 1.165) is 32.1 Å². The van der Waals surface area contributed by atoms with Gasteiger partial charge in [-0.3, -0.25) is 0 Å². The van der Waals surface area contributed by atoms with Crippen LogP contribution in [-0.2, 0) is 0 Å². The summed E-state index contributed by atoms with van der Waals surface area (Å²) in [5.41, 5.74) is 1.53. The molecule has 0 aromatic heterocycles. The summed E-state index contributed by atoms with van der Waals surface area (Å²) < 4.78 is 0. The smallest absolute Gasteiger partial charge is 0.0543 e. The lowest BCUT2D eigenvalue weighted by Crippen LogP contribution is -2.08. The summed E-state index contributed by atoms with van der Waals surface area (Å²) in [6.07, 6.45) is 8.87. The number of hydrogen-bond acceptors (Lipinski definition) is 1. The van der Waals surface area contributed by atoms with Gasteiger partial charge in [-0.25, -0.2) is 0 Å². The third-order valence-electron chi connectivity index (χ3n) is 2.43. The molecule has 0 aromatic rings. The van der Waals surface area contributed by atoms with E-state index in [-0.39, 0.29) is 6.10 Å². The molecular formula is C10H18O. The van der Waals surface area contributed by atoms with E-state index in [9.17, 15) is 5.11 Å². The Labute approximate surface area is 69.1 Å². The quantitative estimate of drug-likeness (QED) is 0.576. The van der Waals surface area contributed by atoms with Crippen LogP contribution in [0.4, 0.5) is 0 Å². The van der Waals surface area contributed by atoms with Gasteiger partial charge in [-0.1, -0.05) is 18.6 Å². The summed E-state index contributed by atoms with van der Waals surface area (Å²) in [4.78, 5) is 0. The monoisotopic (exact) mass is 154 g/mol. The molecule has 0 radical (unpaired) electrons. The van der Waals surface area contributed by atoms with Crippen molar-refractivity contribution in [3.63, 3.8) is 0 Å². The minimum atomic E-state index is -0.0368. The Morgan fingerprint density at radius 1 is 1.55 bits per heavy atom. The fourth-order valence-electron chi connectivity index (χ4n) is 1.58. The van der Waals surface area contributed by atoms with Crippen LogP contribution in [0.5, 0.6) is 0 Å². The maximum absolute atomic E-state index is 9.40. The van der Waals surface area contributed by atoms with E-state index in [0.29, 0.717) is 0 Å². The predicted molar refractivity (Wildman–Crippen MR) is 47.5 cm³/mol. The summed E-state index contributed by atoms with van der Waals surface area (Å²) in [5.74, 6) is 0. The van der Waals surface area contributed by atoms with Gasteiger partial charge in [0.1, 0.15) is 0 Å². The molecule has 0 heterocycles. The van der Waals surface area contributed by atoms with Gasteiger partial charge in [-0.05, 0) is 38.5 Å². The zero-order valence-corrected chi connectivity index (χ0v) is 7.34. The van der Waals surface area contributed by atoms with E-state index in [4.69, 9.17) is 0 Å². The van der Waals surface area contributed by atoms with Crippen molar-refractivity contribution in [2.75, 3.05) is 0 Å². The van der Waals surface area contributed by atoms with Gasteiger partial charge in [0.2, 0.25) is 0 Å². The molecule has 0 amide bonds. The van der Waals surface area contributed by atoms with Crippen LogP contribution in [-0.4, -0.2) is 11.2 Å². The van der Waals surface area contributed by atoms with Gasteiger partial charge in [0.05, 0.1) is 6.10 Å². The van der Waals surface area contributed by atoms with Crippen molar-refractivity contribution in [2.45, 2.75) is 51.6 Å². The van der Waals surface area contributed by atoms with Crippen molar-refractivity contribution in [2.24, 2.45) is 0 Å². The molecule has 0 aliphatic heterocycles. The Morgan fingerprint density at radius 3 is 3.09 bits per heavy atom. The molecule has 1 unspecified atom stereocenters. The Bertz CT molecular complexity index is 138. The molecular weight excluding hydrogens is 136 g/mol. The van der Waals surface area contributed by atoms with Crippen LogP contribution in [0.1, 0.15) is 45.4 Å². The molecule has 1 rings (SSSR count).